The largest absolute Gasteiger partial charge is 0.488 e. The van der Waals surface area contributed by atoms with Crippen LogP contribution in [-0.2, 0) is 17.9 Å². The molecular weight excluding hydrogens is 380 g/mol. The maximum Gasteiger partial charge on any atom is 0.128 e. The predicted molar refractivity (Wildman–Crippen MR) is 102 cm³/mol. The lowest BCUT2D eigenvalue weighted by molar-refractivity contribution is -0.920. The Morgan fingerprint density at radius 3 is 2.68 bits per heavy atom. The van der Waals surface area contributed by atoms with E-state index in [0.717, 1.165) is 49.6 Å². The molecule has 134 valence electrons. The van der Waals surface area contributed by atoms with Gasteiger partial charge in [0.15, 0.2) is 0 Å². The summed E-state index contributed by atoms with van der Waals surface area (Å²) in [5, 5.41) is 2.37. The van der Waals surface area contributed by atoms with Crippen molar-refractivity contribution in [3.05, 3.63) is 64.1 Å². The topological polar surface area (TPSA) is 39.5 Å². The van der Waals surface area contributed by atoms with Crippen molar-refractivity contribution in [2.24, 2.45) is 0 Å². The van der Waals surface area contributed by atoms with E-state index in [1.54, 1.807) is 4.90 Å². The highest BCUT2D eigenvalue weighted by atomic mass is 79.9. The summed E-state index contributed by atoms with van der Waals surface area (Å²) in [6.45, 7) is 7.93. The zero-order valence-electron chi connectivity index (χ0n) is 14.5. The fourth-order valence-electron chi connectivity index (χ4n) is 3.06. The maximum absolute atomic E-state index is 6.06. The smallest absolute Gasteiger partial charge is 0.128 e. The van der Waals surface area contributed by atoms with Gasteiger partial charge in [-0.15, -0.1) is 0 Å². The van der Waals surface area contributed by atoms with Crippen LogP contribution in [0.1, 0.15) is 11.1 Å². The number of nitrogens with one attached hydrogen (secondary N) is 1. The molecule has 2 aromatic rings. The number of benzene rings is 2. The van der Waals surface area contributed by atoms with E-state index in [2.05, 4.69) is 45.5 Å². The molecule has 3 N–H and O–H groups in total. The fraction of sp³-hybridized carbons (Fsp3) is 0.400. The molecule has 1 saturated heterocycles. The third-order valence-electron chi connectivity index (χ3n) is 4.53. The number of morpholine rings is 1. The van der Waals surface area contributed by atoms with Gasteiger partial charge in [0.1, 0.15) is 45.1 Å². The molecule has 1 fully saturated rings. The average molecular weight is 407 g/mol. The summed E-state index contributed by atoms with van der Waals surface area (Å²) >= 11 is 3.58. The van der Waals surface area contributed by atoms with Crippen LogP contribution in [0.2, 0.25) is 0 Å². The Labute approximate surface area is 158 Å². The summed E-state index contributed by atoms with van der Waals surface area (Å²) in [5.74, 6) is 0.974. The molecule has 0 amide bonds. The number of nitrogens with two attached hydrogens (primary N) is 1. The number of hydrogen-bond donors (Lipinski definition) is 2. The highest BCUT2D eigenvalue weighted by molar-refractivity contribution is 9.10. The predicted octanol–water partition coefficient (Wildman–Crippen LogP) is 1.01. The molecule has 0 aromatic heterocycles. The molecule has 0 unspecified atom stereocenters. The Balaban J connectivity index is 1.50. The van der Waals surface area contributed by atoms with E-state index in [-0.39, 0.29) is 0 Å². The van der Waals surface area contributed by atoms with E-state index in [1.165, 1.54) is 17.7 Å². The second-order valence-electron chi connectivity index (χ2n) is 6.42. The Bertz CT molecular complexity index is 645. The highest BCUT2D eigenvalue weighted by Crippen LogP contribution is 2.23. The molecule has 0 saturated carbocycles. The van der Waals surface area contributed by atoms with Crippen LogP contribution in [0.4, 0.5) is 0 Å². The Kier molecular flexibility index (Phi) is 7.30. The van der Waals surface area contributed by atoms with Crippen LogP contribution in [0.3, 0.4) is 0 Å². The van der Waals surface area contributed by atoms with Gasteiger partial charge in [-0.1, -0.05) is 46.3 Å². The molecule has 2 aromatic carbocycles. The first-order chi connectivity index (χ1) is 12.3. The van der Waals surface area contributed by atoms with Gasteiger partial charge in [0.2, 0.25) is 0 Å². The summed E-state index contributed by atoms with van der Waals surface area (Å²) < 4.78 is 12.6. The number of halogens is 1. The number of ether oxygens (including phenoxy) is 2. The van der Waals surface area contributed by atoms with Gasteiger partial charge in [-0.3, -0.25) is 0 Å². The summed E-state index contributed by atoms with van der Waals surface area (Å²) in [4.78, 5) is 1.65. The van der Waals surface area contributed by atoms with Gasteiger partial charge >= 0.3 is 0 Å². The van der Waals surface area contributed by atoms with Crippen molar-refractivity contribution in [1.82, 2.24) is 0 Å². The van der Waals surface area contributed by atoms with Crippen molar-refractivity contribution in [3.8, 4) is 5.75 Å². The van der Waals surface area contributed by atoms with Gasteiger partial charge in [-0.2, -0.15) is 0 Å². The lowest BCUT2D eigenvalue weighted by atomic mass is 10.2. The van der Waals surface area contributed by atoms with Crippen LogP contribution in [0, 0.1) is 0 Å². The van der Waals surface area contributed by atoms with Crippen LogP contribution in [0.25, 0.3) is 0 Å². The van der Waals surface area contributed by atoms with Gasteiger partial charge in [0.25, 0.3) is 0 Å². The van der Waals surface area contributed by atoms with E-state index in [4.69, 9.17) is 9.47 Å². The van der Waals surface area contributed by atoms with Gasteiger partial charge in [0.05, 0.1) is 13.2 Å². The van der Waals surface area contributed by atoms with E-state index in [1.807, 2.05) is 24.3 Å². The normalized spacial score (nSPS) is 15.2. The third kappa shape index (κ3) is 6.12. The average Bonchev–Trinajstić information content (AvgIpc) is 2.66. The van der Waals surface area contributed by atoms with Crippen LogP contribution in [0.15, 0.2) is 53.0 Å². The van der Waals surface area contributed by atoms with Gasteiger partial charge in [-0.05, 0) is 23.8 Å². The van der Waals surface area contributed by atoms with Crippen LogP contribution in [-0.4, -0.2) is 39.4 Å². The molecule has 1 aliphatic rings. The van der Waals surface area contributed by atoms with E-state index in [0.29, 0.717) is 6.61 Å². The van der Waals surface area contributed by atoms with Crippen molar-refractivity contribution in [2.75, 3.05) is 39.4 Å². The first-order valence-corrected chi connectivity index (χ1v) is 9.79. The number of hydrogen-bond acceptors (Lipinski definition) is 2. The van der Waals surface area contributed by atoms with E-state index >= 15 is 0 Å². The molecule has 0 radical (unpaired) electrons. The zero-order valence-corrected chi connectivity index (χ0v) is 16.1. The molecule has 0 bridgehead atoms. The Morgan fingerprint density at radius 1 is 1.08 bits per heavy atom. The molecule has 4 nitrogen and oxygen atoms in total. The third-order valence-corrected chi connectivity index (χ3v) is 5.02. The van der Waals surface area contributed by atoms with Crippen molar-refractivity contribution < 1.29 is 19.7 Å². The van der Waals surface area contributed by atoms with Crippen LogP contribution < -0.4 is 15.0 Å². The molecular formula is C20H27BrN2O2+2. The minimum absolute atomic E-state index is 0.605. The molecule has 1 heterocycles. The fourth-order valence-corrected chi connectivity index (χ4v) is 3.47. The van der Waals surface area contributed by atoms with Crippen molar-refractivity contribution in [1.29, 1.82) is 0 Å². The van der Waals surface area contributed by atoms with E-state index < -0.39 is 0 Å². The van der Waals surface area contributed by atoms with Crippen LogP contribution >= 0.6 is 15.9 Å². The molecule has 0 atom stereocenters. The molecule has 5 heteroatoms. The summed E-state index contributed by atoms with van der Waals surface area (Å²) in [6, 6.07) is 16.6. The lowest BCUT2D eigenvalue weighted by Crippen LogP contribution is -3.16. The first-order valence-electron chi connectivity index (χ1n) is 8.99. The van der Waals surface area contributed by atoms with Gasteiger partial charge < -0.3 is 19.7 Å². The Hall–Kier alpha value is -1.40. The van der Waals surface area contributed by atoms with Crippen molar-refractivity contribution >= 4 is 15.9 Å². The van der Waals surface area contributed by atoms with Crippen molar-refractivity contribution in [3.63, 3.8) is 0 Å². The summed E-state index contributed by atoms with van der Waals surface area (Å²) in [7, 11) is 0. The molecule has 3 rings (SSSR count). The standard InChI is InChI=1S/C20H25BrN2O2/c21-19-6-7-20(25-16-17-4-2-1-3-5-17)18(14-19)15-22-8-9-23-10-12-24-13-11-23/h1-7,14,22H,8-13,15-16H2/p+2. The first kappa shape index (κ1) is 18.4. The summed E-state index contributed by atoms with van der Waals surface area (Å²) in [6.07, 6.45) is 0. The minimum atomic E-state index is 0.605. The van der Waals surface area contributed by atoms with E-state index in [9.17, 15) is 0 Å². The lowest BCUT2D eigenvalue weighted by Gasteiger charge is -2.22. The van der Waals surface area contributed by atoms with Crippen LogP contribution in [0.5, 0.6) is 5.75 Å². The monoisotopic (exact) mass is 406 g/mol. The second-order valence-corrected chi connectivity index (χ2v) is 7.34. The zero-order chi connectivity index (χ0) is 17.3. The van der Waals surface area contributed by atoms with Crippen molar-refractivity contribution in [2.45, 2.75) is 13.2 Å². The molecule has 1 aliphatic heterocycles. The second kappa shape index (κ2) is 9.92. The molecule has 0 spiro atoms. The highest BCUT2D eigenvalue weighted by Gasteiger charge is 2.14. The maximum atomic E-state index is 6.06. The Morgan fingerprint density at radius 2 is 1.88 bits per heavy atom. The molecule has 25 heavy (non-hydrogen) atoms. The summed E-state index contributed by atoms with van der Waals surface area (Å²) in [5.41, 5.74) is 2.43. The number of quaternary nitrogens is 2. The minimum Gasteiger partial charge on any atom is -0.488 e. The molecule has 0 aliphatic carbocycles. The number of rotatable bonds is 8. The van der Waals surface area contributed by atoms with Gasteiger partial charge in [0, 0.05) is 10.0 Å². The quantitative estimate of drug-likeness (QED) is 0.642. The van der Waals surface area contributed by atoms with Gasteiger partial charge in [-0.25, -0.2) is 0 Å². The SMILES string of the molecule is Brc1ccc(OCc2ccccc2)c(C[NH2+]CC[NH+]2CCOCC2)c1.